The fourth-order valence-corrected chi connectivity index (χ4v) is 2.76. The van der Waals surface area contributed by atoms with Crippen LogP contribution in [0.1, 0.15) is 30.9 Å². The second-order valence-electron chi connectivity index (χ2n) is 5.91. The van der Waals surface area contributed by atoms with Gasteiger partial charge in [-0.05, 0) is 59.4 Å². The van der Waals surface area contributed by atoms with Crippen molar-refractivity contribution in [2.24, 2.45) is 0 Å². The molecule has 0 radical (unpaired) electrons. The third kappa shape index (κ3) is 2.43. The summed E-state index contributed by atoms with van der Waals surface area (Å²) in [6.07, 6.45) is 1.85. The predicted octanol–water partition coefficient (Wildman–Crippen LogP) is 5.18. The third-order valence-electron chi connectivity index (χ3n) is 3.95. The molecule has 3 rings (SSSR count). The summed E-state index contributed by atoms with van der Waals surface area (Å²) < 4.78 is 13.6. The van der Waals surface area contributed by atoms with E-state index in [2.05, 4.69) is 18.8 Å². The van der Waals surface area contributed by atoms with E-state index in [4.69, 9.17) is 0 Å². The van der Waals surface area contributed by atoms with Crippen LogP contribution in [0.2, 0.25) is 0 Å². The van der Waals surface area contributed by atoms with E-state index < -0.39 is 0 Å². The van der Waals surface area contributed by atoms with Gasteiger partial charge in [-0.2, -0.15) is 0 Å². The van der Waals surface area contributed by atoms with Crippen LogP contribution in [-0.2, 0) is 0 Å². The van der Waals surface area contributed by atoms with Crippen LogP contribution in [0.25, 0.3) is 22.0 Å². The van der Waals surface area contributed by atoms with Crippen molar-refractivity contribution < 1.29 is 9.50 Å². The molecule has 0 aliphatic carbocycles. The molecule has 0 saturated carbocycles. The minimum Gasteiger partial charge on any atom is -0.508 e. The van der Waals surface area contributed by atoms with Crippen molar-refractivity contribution in [2.75, 3.05) is 0 Å². The van der Waals surface area contributed by atoms with E-state index in [9.17, 15) is 9.50 Å². The van der Waals surface area contributed by atoms with E-state index in [1.165, 1.54) is 6.07 Å². The minimum atomic E-state index is -0.203. The Labute approximate surface area is 129 Å². The Kier molecular flexibility index (Phi) is 3.57. The zero-order valence-electron chi connectivity index (χ0n) is 12.9. The van der Waals surface area contributed by atoms with Crippen molar-refractivity contribution in [1.82, 2.24) is 4.98 Å². The summed E-state index contributed by atoms with van der Waals surface area (Å²) in [4.78, 5) is 4.46. The molecule has 0 amide bonds. The van der Waals surface area contributed by atoms with Crippen molar-refractivity contribution in [3.63, 3.8) is 0 Å². The van der Waals surface area contributed by atoms with Gasteiger partial charge in [0.1, 0.15) is 11.6 Å². The first-order valence-corrected chi connectivity index (χ1v) is 7.35. The van der Waals surface area contributed by atoms with Crippen molar-refractivity contribution in [3.05, 3.63) is 59.5 Å². The molecule has 22 heavy (non-hydrogen) atoms. The lowest BCUT2D eigenvalue weighted by molar-refractivity contribution is 0.476. The van der Waals surface area contributed by atoms with Crippen LogP contribution < -0.4 is 0 Å². The Balaban J connectivity index is 2.37. The maximum atomic E-state index is 13.6. The van der Waals surface area contributed by atoms with E-state index in [0.717, 1.165) is 27.6 Å². The number of benzene rings is 2. The number of phenols is 1. The first-order chi connectivity index (χ1) is 10.5. The van der Waals surface area contributed by atoms with Gasteiger partial charge >= 0.3 is 0 Å². The molecular formula is C19H18FNO. The fourth-order valence-electron chi connectivity index (χ4n) is 2.76. The van der Waals surface area contributed by atoms with Crippen LogP contribution in [0.4, 0.5) is 4.39 Å². The highest BCUT2D eigenvalue weighted by molar-refractivity contribution is 5.96. The molecule has 112 valence electrons. The molecule has 0 aliphatic rings. The number of hydrogen-bond acceptors (Lipinski definition) is 2. The molecular weight excluding hydrogens is 277 g/mol. The molecule has 0 fully saturated rings. The predicted molar refractivity (Wildman–Crippen MR) is 87.6 cm³/mol. The van der Waals surface area contributed by atoms with Gasteiger partial charge in [0.25, 0.3) is 0 Å². The van der Waals surface area contributed by atoms with Crippen molar-refractivity contribution in [3.8, 4) is 16.9 Å². The van der Waals surface area contributed by atoms with Gasteiger partial charge < -0.3 is 5.11 Å². The standard InChI is InChI=1S/C19H18FNO/c1-11(2)16-10-21-18-9-14(22)5-6-15(18)19(16)13-4-7-17(20)12(3)8-13/h4-11,22H,1-3H3. The average molecular weight is 295 g/mol. The molecule has 0 unspecified atom stereocenters. The van der Waals surface area contributed by atoms with Gasteiger partial charge in [-0.25, -0.2) is 4.39 Å². The van der Waals surface area contributed by atoms with Crippen molar-refractivity contribution in [1.29, 1.82) is 0 Å². The smallest absolute Gasteiger partial charge is 0.126 e. The molecule has 2 aromatic carbocycles. The number of aromatic nitrogens is 1. The van der Waals surface area contributed by atoms with E-state index in [0.29, 0.717) is 11.5 Å². The maximum Gasteiger partial charge on any atom is 0.126 e. The third-order valence-corrected chi connectivity index (χ3v) is 3.95. The van der Waals surface area contributed by atoms with Gasteiger partial charge in [-0.15, -0.1) is 0 Å². The summed E-state index contributed by atoms with van der Waals surface area (Å²) in [7, 11) is 0. The molecule has 3 aromatic rings. The summed E-state index contributed by atoms with van der Waals surface area (Å²) in [6.45, 7) is 6.00. The molecule has 0 spiro atoms. The highest BCUT2D eigenvalue weighted by Crippen LogP contribution is 2.36. The highest BCUT2D eigenvalue weighted by atomic mass is 19.1. The normalized spacial score (nSPS) is 11.3. The van der Waals surface area contributed by atoms with Gasteiger partial charge in [0, 0.05) is 17.6 Å². The maximum absolute atomic E-state index is 13.6. The number of aryl methyl sites for hydroxylation is 1. The van der Waals surface area contributed by atoms with Crippen LogP contribution in [0.5, 0.6) is 5.75 Å². The van der Waals surface area contributed by atoms with Gasteiger partial charge in [0.2, 0.25) is 0 Å². The van der Waals surface area contributed by atoms with Crippen LogP contribution in [0.3, 0.4) is 0 Å². The lowest BCUT2D eigenvalue weighted by atomic mass is 9.90. The summed E-state index contributed by atoms with van der Waals surface area (Å²) in [6, 6.07) is 10.4. The second-order valence-corrected chi connectivity index (χ2v) is 5.91. The van der Waals surface area contributed by atoms with Gasteiger partial charge in [-0.1, -0.05) is 19.9 Å². The van der Waals surface area contributed by atoms with Gasteiger partial charge in [0.15, 0.2) is 0 Å². The first kappa shape index (κ1) is 14.5. The Morgan fingerprint density at radius 3 is 2.55 bits per heavy atom. The number of fused-ring (bicyclic) bond motifs is 1. The quantitative estimate of drug-likeness (QED) is 0.706. The molecule has 2 nitrogen and oxygen atoms in total. The Hall–Kier alpha value is -2.42. The SMILES string of the molecule is Cc1cc(-c2c(C(C)C)cnc3cc(O)ccc23)ccc1F. The van der Waals surface area contributed by atoms with Crippen molar-refractivity contribution >= 4 is 10.9 Å². The number of halogens is 1. The largest absolute Gasteiger partial charge is 0.508 e. The minimum absolute atomic E-state index is 0.193. The van der Waals surface area contributed by atoms with Crippen molar-refractivity contribution in [2.45, 2.75) is 26.7 Å². The van der Waals surface area contributed by atoms with Crippen LogP contribution in [-0.4, -0.2) is 10.1 Å². The topological polar surface area (TPSA) is 33.1 Å². The molecule has 0 saturated heterocycles. The average Bonchev–Trinajstić information content (AvgIpc) is 2.48. The molecule has 1 heterocycles. The van der Waals surface area contributed by atoms with Crippen LogP contribution in [0, 0.1) is 12.7 Å². The van der Waals surface area contributed by atoms with E-state index in [1.807, 2.05) is 18.3 Å². The fraction of sp³-hybridized carbons (Fsp3) is 0.211. The zero-order valence-corrected chi connectivity index (χ0v) is 12.9. The summed E-state index contributed by atoms with van der Waals surface area (Å²) >= 11 is 0. The van der Waals surface area contributed by atoms with Gasteiger partial charge in [-0.3, -0.25) is 4.98 Å². The Bertz CT molecular complexity index is 855. The summed E-state index contributed by atoms with van der Waals surface area (Å²) in [5, 5.41) is 10.6. The van der Waals surface area contributed by atoms with Crippen LogP contribution >= 0.6 is 0 Å². The first-order valence-electron chi connectivity index (χ1n) is 7.35. The second kappa shape index (κ2) is 5.41. The number of rotatable bonds is 2. The van der Waals surface area contributed by atoms with E-state index in [-0.39, 0.29) is 11.6 Å². The molecule has 3 heteroatoms. The summed E-state index contributed by atoms with van der Waals surface area (Å²) in [5.74, 6) is 0.287. The molecule has 0 aliphatic heterocycles. The molecule has 1 N–H and O–H groups in total. The monoisotopic (exact) mass is 295 g/mol. The molecule has 0 atom stereocenters. The number of pyridine rings is 1. The van der Waals surface area contributed by atoms with Gasteiger partial charge in [0.05, 0.1) is 5.52 Å². The zero-order chi connectivity index (χ0) is 15.9. The van der Waals surface area contributed by atoms with E-state index in [1.54, 1.807) is 25.1 Å². The Morgan fingerprint density at radius 1 is 1.09 bits per heavy atom. The number of nitrogens with zero attached hydrogens (tertiary/aromatic N) is 1. The Morgan fingerprint density at radius 2 is 1.86 bits per heavy atom. The lowest BCUT2D eigenvalue weighted by Gasteiger charge is -2.16. The molecule has 0 bridgehead atoms. The number of aromatic hydroxyl groups is 1. The molecule has 1 aromatic heterocycles. The number of hydrogen-bond donors (Lipinski definition) is 1. The van der Waals surface area contributed by atoms with E-state index >= 15 is 0 Å². The summed E-state index contributed by atoms with van der Waals surface area (Å²) in [5.41, 5.74) is 4.50. The van der Waals surface area contributed by atoms with Crippen LogP contribution in [0.15, 0.2) is 42.6 Å². The highest BCUT2D eigenvalue weighted by Gasteiger charge is 2.15. The number of phenolic OH excluding ortho intramolecular Hbond substituents is 1. The lowest BCUT2D eigenvalue weighted by Crippen LogP contribution is -1.97.